The van der Waals surface area contributed by atoms with Crippen LogP contribution < -0.4 is 0 Å². The summed E-state index contributed by atoms with van der Waals surface area (Å²) in [5.41, 5.74) is 0. The van der Waals surface area contributed by atoms with Crippen molar-refractivity contribution >= 4 is 41.8 Å². The number of carbonyl (C=O) groups is 7. The third-order valence-electron chi connectivity index (χ3n) is 5.90. The summed E-state index contributed by atoms with van der Waals surface area (Å²) in [5.74, 6) is -6.03. The molecule has 2 rings (SSSR count). The number of ether oxygens (including phenoxy) is 10. The number of aliphatic hydroxyl groups excluding tert-OH is 1. The predicted octanol–water partition coefficient (Wildman–Crippen LogP) is -1.40. The van der Waals surface area contributed by atoms with Crippen LogP contribution in [0.1, 0.15) is 48.5 Å². The number of hydrogen-bond acceptors (Lipinski definition) is 18. The van der Waals surface area contributed by atoms with Crippen LogP contribution in [0.3, 0.4) is 0 Å². The second-order valence-electron chi connectivity index (χ2n) is 9.68. The average Bonchev–Trinajstić information content (AvgIpc) is 2.87. The molecule has 0 spiro atoms. The zero-order valence-electron chi connectivity index (χ0n) is 25.1. The molecule has 0 aromatic carbocycles. The van der Waals surface area contributed by atoms with E-state index in [4.69, 9.17) is 47.4 Å². The second kappa shape index (κ2) is 16.3. The Hall–Kier alpha value is -3.87. The molecule has 18 nitrogen and oxygen atoms in total. The van der Waals surface area contributed by atoms with Crippen molar-refractivity contribution in [3.8, 4) is 0 Å². The van der Waals surface area contributed by atoms with Gasteiger partial charge in [0.05, 0.1) is 0 Å². The van der Waals surface area contributed by atoms with Crippen LogP contribution in [-0.2, 0) is 80.9 Å². The Morgan fingerprint density at radius 3 is 1.27 bits per heavy atom. The summed E-state index contributed by atoms with van der Waals surface area (Å²) >= 11 is 0. The fraction of sp³-hybridized carbons (Fsp3) is 0.731. The van der Waals surface area contributed by atoms with Crippen molar-refractivity contribution in [3.05, 3.63) is 0 Å². The van der Waals surface area contributed by atoms with E-state index in [0.717, 1.165) is 48.5 Å². The third kappa shape index (κ3) is 10.7. The molecule has 0 unspecified atom stereocenters. The van der Waals surface area contributed by atoms with Crippen molar-refractivity contribution in [3.63, 3.8) is 0 Å². The number of hydrogen-bond donors (Lipinski definition) is 1. The molecule has 18 heteroatoms. The lowest BCUT2D eigenvalue weighted by atomic mass is 9.96. The molecule has 2 saturated heterocycles. The third-order valence-corrected chi connectivity index (χ3v) is 5.90. The summed E-state index contributed by atoms with van der Waals surface area (Å²) in [7, 11) is 0. The van der Waals surface area contributed by atoms with Crippen LogP contribution in [-0.4, -0.2) is 122 Å². The normalized spacial score (nSPS) is 31.5. The maximum Gasteiger partial charge on any atom is 0.303 e. The minimum atomic E-state index is -1.90. The van der Waals surface area contributed by atoms with Crippen LogP contribution >= 0.6 is 0 Å². The van der Waals surface area contributed by atoms with Crippen LogP contribution in [0.2, 0.25) is 0 Å². The Morgan fingerprint density at radius 2 is 0.841 bits per heavy atom. The van der Waals surface area contributed by atoms with E-state index >= 15 is 0 Å². The van der Waals surface area contributed by atoms with Crippen molar-refractivity contribution in [2.45, 2.75) is 110 Å². The molecule has 10 atom stereocenters. The summed E-state index contributed by atoms with van der Waals surface area (Å²) in [6.07, 6.45) is -16.3. The van der Waals surface area contributed by atoms with Crippen LogP contribution in [0.5, 0.6) is 0 Å². The molecule has 2 fully saturated rings. The molecule has 248 valence electrons. The highest BCUT2D eigenvalue weighted by Gasteiger charge is 2.57. The first-order chi connectivity index (χ1) is 20.5. The number of carbonyl (C=O) groups excluding carboxylic acids is 7. The predicted molar refractivity (Wildman–Crippen MR) is 135 cm³/mol. The van der Waals surface area contributed by atoms with E-state index in [1.165, 1.54) is 0 Å². The first-order valence-electron chi connectivity index (χ1n) is 13.3. The van der Waals surface area contributed by atoms with E-state index in [1.54, 1.807) is 0 Å². The van der Waals surface area contributed by atoms with Gasteiger partial charge in [0.25, 0.3) is 0 Å². The lowest BCUT2D eigenvalue weighted by Gasteiger charge is -2.48. The molecule has 0 aliphatic carbocycles. The molecule has 0 aromatic heterocycles. The van der Waals surface area contributed by atoms with Crippen molar-refractivity contribution in [2.24, 2.45) is 0 Å². The van der Waals surface area contributed by atoms with Gasteiger partial charge in [-0.25, -0.2) is 0 Å². The van der Waals surface area contributed by atoms with Crippen LogP contribution in [0, 0.1) is 0 Å². The highest BCUT2D eigenvalue weighted by Crippen LogP contribution is 2.34. The summed E-state index contributed by atoms with van der Waals surface area (Å²) in [4.78, 5) is 83.5. The number of rotatable bonds is 11. The molecule has 0 amide bonds. The van der Waals surface area contributed by atoms with Gasteiger partial charge in [0.15, 0.2) is 43.1 Å². The van der Waals surface area contributed by atoms with E-state index in [0.29, 0.717) is 0 Å². The lowest BCUT2D eigenvalue weighted by Crippen LogP contribution is -2.67. The summed E-state index contributed by atoms with van der Waals surface area (Å²) in [5, 5.41) is 10.6. The number of aliphatic hydroxyl groups is 1. The summed E-state index contributed by atoms with van der Waals surface area (Å²) in [6.45, 7) is 6.11. The van der Waals surface area contributed by atoms with Crippen LogP contribution in [0.25, 0.3) is 0 Å². The molecule has 1 N–H and O–H groups in total. The Kier molecular flexibility index (Phi) is 13.4. The SMILES string of the molecule is CC(=O)OC[C@@H]1O[C@@H](O[C@H]2[C@@H](OC(C)=O)[C@@H](OC(C)=O)[C@@H](O)O[C@@H]2COC(C)=O)[C@H](OC(C)=O)[C@H](OC(C)=O)[C@@H]1OC(C)=O. The summed E-state index contributed by atoms with van der Waals surface area (Å²) < 4.78 is 54.1. The van der Waals surface area contributed by atoms with Gasteiger partial charge in [0.2, 0.25) is 0 Å². The van der Waals surface area contributed by atoms with Gasteiger partial charge in [-0.2, -0.15) is 0 Å². The van der Waals surface area contributed by atoms with Gasteiger partial charge < -0.3 is 52.5 Å². The smallest absolute Gasteiger partial charge is 0.303 e. The zero-order chi connectivity index (χ0) is 33.3. The molecule has 0 bridgehead atoms. The van der Waals surface area contributed by atoms with Gasteiger partial charge in [-0.05, 0) is 0 Å². The minimum absolute atomic E-state index is 0.572. The maximum absolute atomic E-state index is 12.2. The highest BCUT2D eigenvalue weighted by molar-refractivity contribution is 5.69. The van der Waals surface area contributed by atoms with Crippen LogP contribution in [0.15, 0.2) is 0 Å². The second-order valence-corrected chi connectivity index (χ2v) is 9.68. The first-order valence-corrected chi connectivity index (χ1v) is 13.3. The van der Waals surface area contributed by atoms with Crippen molar-refractivity contribution in [1.82, 2.24) is 0 Å². The molecule has 44 heavy (non-hydrogen) atoms. The first kappa shape index (κ1) is 36.3. The molecular formula is C26H36O18. The summed E-state index contributed by atoms with van der Waals surface area (Å²) in [6, 6.07) is 0. The van der Waals surface area contributed by atoms with Gasteiger partial charge >= 0.3 is 41.8 Å². The monoisotopic (exact) mass is 636 g/mol. The van der Waals surface area contributed by atoms with Gasteiger partial charge in [0, 0.05) is 48.5 Å². The fourth-order valence-corrected chi connectivity index (χ4v) is 4.49. The topological polar surface area (TPSA) is 232 Å². The number of esters is 7. The van der Waals surface area contributed by atoms with Crippen molar-refractivity contribution in [2.75, 3.05) is 13.2 Å². The molecular weight excluding hydrogens is 600 g/mol. The molecule has 2 heterocycles. The minimum Gasteiger partial charge on any atom is -0.463 e. The molecule has 0 aromatic rings. The maximum atomic E-state index is 12.2. The van der Waals surface area contributed by atoms with Crippen molar-refractivity contribution < 1.29 is 86.0 Å². The Bertz CT molecular complexity index is 1090. The van der Waals surface area contributed by atoms with Gasteiger partial charge in [0.1, 0.15) is 31.5 Å². The lowest BCUT2D eigenvalue weighted by molar-refractivity contribution is -0.357. The molecule has 2 aliphatic heterocycles. The van der Waals surface area contributed by atoms with E-state index in [-0.39, 0.29) is 0 Å². The Balaban J connectivity index is 2.66. The van der Waals surface area contributed by atoms with E-state index in [1.807, 2.05) is 0 Å². The standard InChI is InChI=1S/C26H36O18/c1-10(27)35-8-17-20(21(38-13(4)30)23(25(34)42-17)40-15(6)32)44-26-24(41-16(7)33)22(39-14(5)31)19(37-12(3)29)18(43-26)9-36-11(2)28/h17-26,34H,8-9H2,1-7H3/t17-,18+,19-,20-,21-,22-,23-,24-,25+,26+/m1/s1. The zero-order valence-corrected chi connectivity index (χ0v) is 25.1. The Labute approximate surface area is 251 Å². The highest BCUT2D eigenvalue weighted by atomic mass is 16.8. The van der Waals surface area contributed by atoms with E-state index < -0.39 is 116 Å². The quantitative estimate of drug-likeness (QED) is 0.203. The van der Waals surface area contributed by atoms with Gasteiger partial charge in [-0.1, -0.05) is 0 Å². The average molecular weight is 637 g/mol. The van der Waals surface area contributed by atoms with E-state index in [9.17, 15) is 38.7 Å². The molecule has 0 saturated carbocycles. The largest absolute Gasteiger partial charge is 0.463 e. The molecule has 0 radical (unpaired) electrons. The van der Waals surface area contributed by atoms with Crippen molar-refractivity contribution in [1.29, 1.82) is 0 Å². The van der Waals surface area contributed by atoms with Gasteiger partial charge in [-0.15, -0.1) is 0 Å². The van der Waals surface area contributed by atoms with Crippen LogP contribution in [0.4, 0.5) is 0 Å². The fourth-order valence-electron chi connectivity index (χ4n) is 4.49. The van der Waals surface area contributed by atoms with Gasteiger partial charge in [-0.3, -0.25) is 33.6 Å². The van der Waals surface area contributed by atoms with E-state index in [2.05, 4.69) is 0 Å². The molecule has 2 aliphatic rings. The Morgan fingerprint density at radius 1 is 0.477 bits per heavy atom.